The van der Waals surface area contributed by atoms with Crippen LogP contribution in [-0.2, 0) is 4.74 Å². The molecular weight excluding hydrogens is 344 g/mol. The summed E-state index contributed by atoms with van der Waals surface area (Å²) in [6.45, 7) is 3.70. The third-order valence-corrected chi connectivity index (χ3v) is 5.24. The molecular formula is C20H32N4O3. The van der Waals surface area contributed by atoms with Gasteiger partial charge in [-0.15, -0.1) is 0 Å². The van der Waals surface area contributed by atoms with Gasteiger partial charge in [-0.2, -0.15) is 0 Å². The monoisotopic (exact) mass is 376 g/mol. The normalized spacial score (nSPS) is 22.8. The predicted molar refractivity (Wildman–Crippen MR) is 108 cm³/mol. The molecule has 0 spiro atoms. The Labute approximate surface area is 162 Å². The third kappa shape index (κ3) is 5.42. The third-order valence-electron chi connectivity index (χ3n) is 5.24. The van der Waals surface area contributed by atoms with Gasteiger partial charge in [0, 0.05) is 63.2 Å². The fourth-order valence-electron chi connectivity index (χ4n) is 3.70. The van der Waals surface area contributed by atoms with E-state index in [4.69, 9.17) is 14.2 Å². The number of nitrogens with zero attached hydrogens (tertiary/aromatic N) is 2. The average molecular weight is 377 g/mol. The number of hydrogen-bond donors (Lipinski definition) is 2. The first-order valence-corrected chi connectivity index (χ1v) is 9.78. The van der Waals surface area contributed by atoms with Crippen molar-refractivity contribution < 1.29 is 14.2 Å². The Hall–Kier alpha value is -2.15. The van der Waals surface area contributed by atoms with Crippen LogP contribution >= 0.6 is 0 Å². The molecule has 0 aromatic heterocycles. The minimum absolute atomic E-state index is 0.358. The smallest absolute Gasteiger partial charge is 0.191 e. The molecule has 2 aliphatic rings. The highest BCUT2D eigenvalue weighted by Crippen LogP contribution is 2.30. The molecule has 7 heteroatoms. The molecule has 1 aromatic carbocycles. The SMILES string of the molecule is CN=C(NCCC1CCCO1)NC1CCN(c2cc(OC)cc(OC)c2)C1. The molecule has 2 atom stereocenters. The Bertz CT molecular complexity index is 609. The Morgan fingerprint density at radius 2 is 2.00 bits per heavy atom. The van der Waals surface area contributed by atoms with Crippen LogP contribution in [0.25, 0.3) is 0 Å². The predicted octanol–water partition coefficient (Wildman–Crippen LogP) is 2.02. The number of guanidine groups is 1. The molecule has 2 saturated heterocycles. The van der Waals surface area contributed by atoms with Crippen molar-refractivity contribution in [2.24, 2.45) is 4.99 Å². The summed E-state index contributed by atoms with van der Waals surface area (Å²) in [7, 11) is 5.18. The molecule has 0 amide bonds. The summed E-state index contributed by atoms with van der Waals surface area (Å²) >= 11 is 0. The minimum Gasteiger partial charge on any atom is -0.497 e. The number of nitrogens with one attached hydrogen (secondary N) is 2. The summed E-state index contributed by atoms with van der Waals surface area (Å²) in [5.74, 6) is 2.49. The maximum Gasteiger partial charge on any atom is 0.191 e. The van der Waals surface area contributed by atoms with Crippen LogP contribution in [-0.4, -0.2) is 65.6 Å². The van der Waals surface area contributed by atoms with Gasteiger partial charge < -0.3 is 29.7 Å². The van der Waals surface area contributed by atoms with Crippen molar-refractivity contribution in [3.05, 3.63) is 18.2 Å². The van der Waals surface area contributed by atoms with Crippen molar-refractivity contribution in [3.8, 4) is 11.5 Å². The molecule has 2 fully saturated rings. The molecule has 0 aliphatic carbocycles. The summed E-state index contributed by atoms with van der Waals surface area (Å²) in [5.41, 5.74) is 1.12. The van der Waals surface area contributed by atoms with E-state index in [-0.39, 0.29) is 0 Å². The number of methoxy groups -OCH3 is 2. The van der Waals surface area contributed by atoms with Crippen LogP contribution in [0.4, 0.5) is 5.69 Å². The number of aliphatic imine (C=N–C) groups is 1. The summed E-state index contributed by atoms with van der Waals surface area (Å²) in [4.78, 5) is 6.71. The summed E-state index contributed by atoms with van der Waals surface area (Å²) < 4.78 is 16.5. The highest BCUT2D eigenvalue weighted by molar-refractivity contribution is 5.80. The van der Waals surface area contributed by atoms with Gasteiger partial charge in [0.15, 0.2) is 5.96 Å². The van der Waals surface area contributed by atoms with E-state index in [2.05, 4.69) is 32.7 Å². The summed E-state index contributed by atoms with van der Waals surface area (Å²) in [6.07, 6.45) is 4.85. The second-order valence-corrected chi connectivity index (χ2v) is 7.07. The average Bonchev–Trinajstić information content (AvgIpc) is 3.38. The van der Waals surface area contributed by atoms with Gasteiger partial charge in [0.25, 0.3) is 0 Å². The van der Waals surface area contributed by atoms with Gasteiger partial charge in [-0.05, 0) is 25.7 Å². The Balaban J connectivity index is 1.49. The van der Waals surface area contributed by atoms with Crippen LogP contribution in [0.1, 0.15) is 25.7 Å². The van der Waals surface area contributed by atoms with E-state index in [1.54, 1.807) is 14.2 Å². The molecule has 2 unspecified atom stereocenters. The van der Waals surface area contributed by atoms with Crippen molar-refractivity contribution in [2.45, 2.75) is 37.8 Å². The lowest BCUT2D eigenvalue weighted by Gasteiger charge is -2.21. The van der Waals surface area contributed by atoms with E-state index < -0.39 is 0 Å². The van der Waals surface area contributed by atoms with E-state index in [1.807, 2.05) is 13.1 Å². The molecule has 1 aromatic rings. The zero-order chi connectivity index (χ0) is 19.1. The lowest BCUT2D eigenvalue weighted by Crippen LogP contribution is -2.45. The first kappa shape index (κ1) is 19.6. The van der Waals surface area contributed by atoms with Gasteiger partial charge in [0.05, 0.1) is 20.3 Å². The van der Waals surface area contributed by atoms with Crippen LogP contribution in [0.3, 0.4) is 0 Å². The molecule has 0 saturated carbocycles. The minimum atomic E-state index is 0.358. The Morgan fingerprint density at radius 3 is 2.63 bits per heavy atom. The summed E-state index contributed by atoms with van der Waals surface area (Å²) in [6, 6.07) is 6.37. The second kappa shape index (κ2) is 9.69. The molecule has 27 heavy (non-hydrogen) atoms. The van der Waals surface area contributed by atoms with Crippen LogP contribution in [0.2, 0.25) is 0 Å². The van der Waals surface area contributed by atoms with Crippen molar-refractivity contribution in [1.29, 1.82) is 0 Å². The molecule has 2 N–H and O–H groups in total. The lowest BCUT2D eigenvalue weighted by atomic mass is 10.2. The second-order valence-electron chi connectivity index (χ2n) is 7.07. The largest absolute Gasteiger partial charge is 0.497 e. The molecule has 150 valence electrons. The first-order valence-electron chi connectivity index (χ1n) is 9.78. The van der Waals surface area contributed by atoms with E-state index in [1.165, 1.54) is 12.8 Å². The van der Waals surface area contributed by atoms with Crippen molar-refractivity contribution in [2.75, 3.05) is 52.4 Å². The van der Waals surface area contributed by atoms with E-state index in [0.29, 0.717) is 12.1 Å². The highest BCUT2D eigenvalue weighted by atomic mass is 16.5. The summed E-state index contributed by atoms with van der Waals surface area (Å²) in [5, 5.41) is 6.96. The maximum absolute atomic E-state index is 5.68. The molecule has 0 radical (unpaired) electrons. The topological polar surface area (TPSA) is 67.4 Å². The van der Waals surface area contributed by atoms with Gasteiger partial charge in [-0.1, -0.05) is 0 Å². The van der Waals surface area contributed by atoms with E-state index in [0.717, 1.165) is 62.2 Å². The Morgan fingerprint density at radius 1 is 1.22 bits per heavy atom. The zero-order valence-electron chi connectivity index (χ0n) is 16.7. The maximum atomic E-state index is 5.68. The quantitative estimate of drug-likeness (QED) is 0.561. The fourth-order valence-corrected chi connectivity index (χ4v) is 3.70. The first-order chi connectivity index (χ1) is 13.2. The van der Waals surface area contributed by atoms with Gasteiger partial charge in [-0.3, -0.25) is 4.99 Å². The zero-order valence-corrected chi connectivity index (χ0v) is 16.7. The standard InChI is InChI=1S/C20H32N4O3/c1-21-20(22-8-6-17-5-4-10-27-17)23-15-7-9-24(14-15)16-11-18(25-2)13-19(12-16)26-3/h11-13,15,17H,4-10,14H2,1-3H3,(H2,21,22,23). The molecule has 2 aliphatic heterocycles. The number of rotatable bonds is 7. The fraction of sp³-hybridized carbons (Fsp3) is 0.650. The molecule has 3 rings (SSSR count). The van der Waals surface area contributed by atoms with Gasteiger partial charge in [0.2, 0.25) is 0 Å². The van der Waals surface area contributed by atoms with Gasteiger partial charge in [0.1, 0.15) is 11.5 Å². The Kier molecular flexibility index (Phi) is 7.04. The van der Waals surface area contributed by atoms with Crippen LogP contribution < -0.4 is 25.0 Å². The van der Waals surface area contributed by atoms with Crippen LogP contribution in [0, 0.1) is 0 Å². The highest BCUT2D eigenvalue weighted by Gasteiger charge is 2.24. The number of benzene rings is 1. The molecule has 0 bridgehead atoms. The van der Waals surface area contributed by atoms with Crippen LogP contribution in [0.5, 0.6) is 11.5 Å². The van der Waals surface area contributed by atoms with Crippen molar-refractivity contribution in [3.63, 3.8) is 0 Å². The number of hydrogen-bond acceptors (Lipinski definition) is 5. The van der Waals surface area contributed by atoms with E-state index >= 15 is 0 Å². The molecule has 7 nitrogen and oxygen atoms in total. The lowest BCUT2D eigenvalue weighted by molar-refractivity contribution is 0.105. The number of anilines is 1. The van der Waals surface area contributed by atoms with Crippen molar-refractivity contribution in [1.82, 2.24) is 10.6 Å². The molecule has 2 heterocycles. The van der Waals surface area contributed by atoms with E-state index in [9.17, 15) is 0 Å². The number of ether oxygens (including phenoxy) is 3. The van der Waals surface area contributed by atoms with Crippen LogP contribution in [0.15, 0.2) is 23.2 Å². The van der Waals surface area contributed by atoms with Gasteiger partial charge >= 0.3 is 0 Å². The van der Waals surface area contributed by atoms with Gasteiger partial charge in [-0.25, -0.2) is 0 Å². The van der Waals surface area contributed by atoms with Crippen molar-refractivity contribution >= 4 is 11.6 Å².